The van der Waals surface area contributed by atoms with E-state index in [1.54, 1.807) is 0 Å². The van der Waals surface area contributed by atoms with Crippen LogP contribution < -0.4 is 4.74 Å². The van der Waals surface area contributed by atoms with Gasteiger partial charge in [0.15, 0.2) is 6.61 Å². The van der Waals surface area contributed by atoms with Crippen LogP contribution in [-0.4, -0.2) is 24.7 Å². The van der Waals surface area contributed by atoms with Crippen LogP contribution in [0.4, 0.5) is 0 Å². The summed E-state index contributed by atoms with van der Waals surface area (Å²) in [4.78, 5) is 15.7. The summed E-state index contributed by atoms with van der Waals surface area (Å²) in [5.74, 6) is 0.259. The topological polar surface area (TPSA) is 72.2 Å². The molecular weight excluding hydrogens is 268 g/mol. The highest BCUT2D eigenvalue weighted by molar-refractivity contribution is 5.71. The molecule has 1 aromatic rings. The largest absolute Gasteiger partial charge is 0.466 e. The van der Waals surface area contributed by atoms with E-state index >= 15 is 0 Å². The number of rotatable bonds is 5. The first-order chi connectivity index (χ1) is 10.1. The Balaban J connectivity index is 2.39. The molecule has 5 heteroatoms. The molecule has 2 rings (SSSR count). The quantitative estimate of drug-likeness (QED) is 0.777. The minimum Gasteiger partial charge on any atom is -0.466 e. The zero-order valence-electron chi connectivity index (χ0n) is 12.7. The van der Waals surface area contributed by atoms with Crippen molar-refractivity contribution in [2.75, 3.05) is 13.7 Å². The number of nitriles is 1. The van der Waals surface area contributed by atoms with Crippen LogP contribution in [0.1, 0.15) is 42.7 Å². The van der Waals surface area contributed by atoms with Gasteiger partial charge in [0, 0.05) is 5.69 Å². The molecule has 0 spiro atoms. The van der Waals surface area contributed by atoms with Gasteiger partial charge in [-0.1, -0.05) is 13.8 Å². The number of ether oxygens (including phenoxy) is 2. The number of nitrogens with zero attached hydrogens (tertiary/aromatic N) is 2. The van der Waals surface area contributed by atoms with Crippen molar-refractivity contribution >= 4 is 5.97 Å². The molecule has 1 aliphatic carbocycles. The van der Waals surface area contributed by atoms with Gasteiger partial charge in [-0.15, -0.1) is 0 Å². The second-order valence-corrected chi connectivity index (χ2v) is 5.62. The maximum absolute atomic E-state index is 11.2. The molecule has 0 fully saturated rings. The SMILES string of the molecule is COC(=O)COc1nc(CC(C)C)c2c(c1C#N)CCC2. The molecule has 0 saturated carbocycles. The van der Waals surface area contributed by atoms with Gasteiger partial charge in [0.25, 0.3) is 0 Å². The number of aromatic nitrogens is 1. The Kier molecular flexibility index (Phi) is 4.79. The predicted octanol–water partition coefficient (Wildman–Crippen LogP) is 2.19. The van der Waals surface area contributed by atoms with Crippen molar-refractivity contribution < 1.29 is 14.3 Å². The summed E-state index contributed by atoms with van der Waals surface area (Å²) < 4.78 is 9.98. The molecule has 0 bridgehead atoms. The van der Waals surface area contributed by atoms with Crippen molar-refractivity contribution in [3.8, 4) is 11.9 Å². The van der Waals surface area contributed by atoms with Gasteiger partial charge in [-0.2, -0.15) is 5.26 Å². The summed E-state index contributed by atoms with van der Waals surface area (Å²) in [7, 11) is 1.30. The third kappa shape index (κ3) is 3.33. The third-order valence-electron chi connectivity index (χ3n) is 3.59. The molecule has 0 radical (unpaired) electrons. The van der Waals surface area contributed by atoms with Gasteiger partial charge in [0.2, 0.25) is 5.88 Å². The molecule has 0 amide bonds. The molecular formula is C16H20N2O3. The summed E-state index contributed by atoms with van der Waals surface area (Å²) in [6, 6.07) is 2.18. The highest BCUT2D eigenvalue weighted by atomic mass is 16.6. The molecule has 0 atom stereocenters. The van der Waals surface area contributed by atoms with Crippen LogP contribution in [0.2, 0.25) is 0 Å². The summed E-state index contributed by atoms with van der Waals surface area (Å²) in [5, 5.41) is 9.39. The number of hydrogen-bond acceptors (Lipinski definition) is 5. The van der Waals surface area contributed by atoms with Gasteiger partial charge in [-0.25, -0.2) is 9.78 Å². The van der Waals surface area contributed by atoms with E-state index in [-0.39, 0.29) is 12.5 Å². The second kappa shape index (κ2) is 6.57. The average molecular weight is 288 g/mol. The summed E-state index contributed by atoms with van der Waals surface area (Å²) in [5.41, 5.74) is 3.71. The zero-order chi connectivity index (χ0) is 15.4. The van der Waals surface area contributed by atoms with Crippen molar-refractivity contribution in [1.82, 2.24) is 4.98 Å². The van der Waals surface area contributed by atoms with Crippen molar-refractivity contribution in [3.05, 3.63) is 22.4 Å². The van der Waals surface area contributed by atoms with Gasteiger partial charge < -0.3 is 9.47 Å². The Morgan fingerprint density at radius 1 is 1.38 bits per heavy atom. The van der Waals surface area contributed by atoms with Crippen molar-refractivity contribution in [3.63, 3.8) is 0 Å². The lowest BCUT2D eigenvalue weighted by molar-refractivity contribution is -0.143. The van der Waals surface area contributed by atoms with E-state index < -0.39 is 5.97 Å². The van der Waals surface area contributed by atoms with Gasteiger partial charge in [-0.3, -0.25) is 0 Å². The molecule has 1 aliphatic rings. The molecule has 1 heterocycles. The minimum atomic E-state index is -0.480. The fraction of sp³-hybridized carbons (Fsp3) is 0.562. The van der Waals surface area contributed by atoms with Crippen LogP contribution in [0.3, 0.4) is 0 Å². The minimum absolute atomic E-state index is 0.224. The highest BCUT2D eigenvalue weighted by Gasteiger charge is 2.24. The molecule has 112 valence electrons. The van der Waals surface area contributed by atoms with Crippen molar-refractivity contribution in [2.24, 2.45) is 5.92 Å². The van der Waals surface area contributed by atoms with Crippen LogP contribution >= 0.6 is 0 Å². The first-order valence-electron chi connectivity index (χ1n) is 7.21. The normalized spacial score (nSPS) is 12.9. The Labute approximate surface area is 124 Å². The lowest BCUT2D eigenvalue weighted by Gasteiger charge is -2.15. The standard InChI is InChI=1S/C16H20N2O3/c1-10(2)7-14-12-6-4-5-11(12)13(8-17)16(18-14)21-9-15(19)20-3/h10H,4-7,9H2,1-3H3. The smallest absolute Gasteiger partial charge is 0.343 e. The first-order valence-corrected chi connectivity index (χ1v) is 7.21. The fourth-order valence-electron chi connectivity index (χ4n) is 2.67. The fourth-order valence-corrected chi connectivity index (χ4v) is 2.67. The molecule has 0 N–H and O–H groups in total. The predicted molar refractivity (Wildman–Crippen MR) is 77.0 cm³/mol. The summed E-state index contributed by atoms with van der Waals surface area (Å²) in [6.45, 7) is 4.05. The van der Waals surface area contributed by atoms with E-state index in [9.17, 15) is 10.1 Å². The molecule has 21 heavy (non-hydrogen) atoms. The zero-order valence-corrected chi connectivity index (χ0v) is 12.7. The Morgan fingerprint density at radius 2 is 2.10 bits per heavy atom. The number of methoxy groups -OCH3 is 1. The molecule has 0 aliphatic heterocycles. The Morgan fingerprint density at radius 3 is 2.71 bits per heavy atom. The van der Waals surface area contributed by atoms with Crippen molar-refractivity contribution in [2.45, 2.75) is 39.5 Å². The van der Waals surface area contributed by atoms with Crippen LogP contribution in [-0.2, 0) is 28.8 Å². The van der Waals surface area contributed by atoms with E-state index in [1.807, 2.05) is 0 Å². The lowest BCUT2D eigenvalue weighted by Crippen LogP contribution is -2.15. The Hall–Kier alpha value is -2.09. The third-order valence-corrected chi connectivity index (χ3v) is 3.59. The molecule has 0 unspecified atom stereocenters. The van der Waals surface area contributed by atoms with Crippen LogP contribution in [0.5, 0.6) is 5.88 Å². The van der Waals surface area contributed by atoms with Gasteiger partial charge in [0.1, 0.15) is 11.6 Å². The molecule has 5 nitrogen and oxygen atoms in total. The van der Waals surface area contributed by atoms with Gasteiger partial charge in [-0.05, 0) is 42.7 Å². The summed E-state index contributed by atoms with van der Waals surface area (Å²) >= 11 is 0. The van der Waals surface area contributed by atoms with E-state index in [0.717, 1.165) is 36.9 Å². The summed E-state index contributed by atoms with van der Waals surface area (Å²) in [6.07, 6.45) is 3.73. The molecule has 0 aromatic carbocycles. The number of carbonyl (C=O) groups is 1. The van der Waals surface area contributed by atoms with Gasteiger partial charge in [0.05, 0.1) is 7.11 Å². The van der Waals surface area contributed by atoms with Gasteiger partial charge >= 0.3 is 5.97 Å². The Bertz CT molecular complexity index is 588. The molecule has 1 aromatic heterocycles. The van der Waals surface area contributed by atoms with E-state index in [4.69, 9.17) is 4.74 Å². The number of hydrogen-bond donors (Lipinski definition) is 0. The maximum atomic E-state index is 11.2. The molecule has 0 saturated heterocycles. The van der Waals surface area contributed by atoms with E-state index in [2.05, 4.69) is 29.6 Å². The number of carbonyl (C=O) groups excluding carboxylic acids is 1. The van der Waals surface area contributed by atoms with Crippen molar-refractivity contribution in [1.29, 1.82) is 5.26 Å². The van der Waals surface area contributed by atoms with E-state index in [0.29, 0.717) is 11.5 Å². The maximum Gasteiger partial charge on any atom is 0.343 e. The van der Waals surface area contributed by atoms with Crippen LogP contribution in [0.15, 0.2) is 0 Å². The highest BCUT2D eigenvalue weighted by Crippen LogP contribution is 2.33. The number of fused-ring (bicyclic) bond motifs is 1. The van der Waals surface area contributed by atoms with Crippen LogP contribution in [0, 0.1) is 17.2 Å². The lowest BCUT2D eigenvalue weighted by atomic mass is 9.98. The first kappa shape index (κ1) is 15.3. The average Bonchev–Trinajstić information content (AvgIpc) is 2.93. The van der Waals surface area contributed by atoms with E-state index in [1.165, 1.54) is 12.7 Å². The number of esters is 1. The monoisotopic (exact) mass is 288 g/mol. The number of pyridine rings is 1. The second-order valence-electron chi connectivity index (χ2n) is 5.62. The van der Waals surface area contributed by atoms with Crippen LogP contribution in [0.25, 0.3) is 0 Å².